The Morgan fingerprint density at radius 2 is 0.955 bits per heavy atom. The third-order valence-corrected chi connectivity index (χ3v) is 2.24. The Morgan fingerprint density at radius 1 is 0.636 bits per heavy atom. The highest BCUT2D eigenvalue weighted by Gasteiger charge is 2.13. The van der Waals surface area contributed by atoms with Crippen LogP contribution in [0.2, 0.25) is 0 Å². The summed E-state index contributed by atoms with van der Waals surface area (Å²) in [5.74, 6) is -2.46. The van der Waals surface area contributed by atoms with E-state index >= 15 is 0 Å². The van der Waals surface area contributed by atoms with Crippen LogP contribution in [0.3, 0.4) is 0 Å². The predicted molar refractivity (Wildman–Crippen MR) is 77.8 cm³/mol. The molecule has 0 saturated heterocycles. The lowest BCUT2D eigenvalue weighted by Crippen LogP contribution is -2.06. The minimum atomic E-state index is -1.23. The molecule has 0 spiro atoms. The minimum Gasteiger partial charge on any atom is -0.478 e. The summed E-state index contributed by atoms with van der Waals surface area (Å²) in [4.78, 5) is 20.9. The lowest BCUT2D eigenvalue weighted by molar-refractivity contribution is 0.0651. The molecule has 0 aliphatic heterocycles. The second kappa shape index (κ2) is 9.60. The van der Waals surface area contributed by atoms with Crippen LogP contribution in [0.15, 0.2) is 82.4 Å². The molecule has 6 nitrogen and oxygen atoms in total. The summed E-state index contributed by atoms with van der Waals surface area (Å²) in [6.07, 6.45) is 6.50. The maximum atomic E-state index is 10.5. The number of hydrogen-bond donors (Lipinski definition) is 2. The van der Waals surface area contributed by atoms with Gasteiger partial charge >= 0.3 is 11.9 Å². The molecule has 3 rings (SSSR count). The maximum absolute atomic E-state index is 10.5. The van der Waals surface area contributed by atoms with Gasteiger partial charge in [-0.15, -0.1) is 0 Å². The van der Waals surface area contributed by atoms with Crippen molar-refractivity contribution in [1.29, 1.82) is 0 Å². The number of benzene rings is 1. The van der Waals surface area contributed by atoms with Gasteiger partial charge in [0.05, 0.1) is 36.2 Å². The molecule has 0 saturated carbocycles. The molecular weight excluding hydrogens is 288 g/mol. The molecule has 0 aliphatic rings. The summed E-state index contributed by atoms with van der Waals surface area (Å²) in [7, 11) is 0. The maximum Gasteiger partial charge on any atom is 0.336 e. The molecule has 0 atom stereocenters. The van der Waals surface area contributed by atoms with Crippen molar-refractivity contribution < 1.29 is 28.6 Å². The zero-order chi connectivity index (χ0) is 16.2. The van der Waals surface area contributed by atoms with E-state index in [1.165, 1.54) is 24.3 Å². The van der Waals surface area contributed by atoms with Crippen molar-refractivity contribution >= 4 is 11.9 Å². The molecule has 3 aromatic rings. The summed E-state index contributed by atoms with van der Waals surface area (Å²) < 4.78 is 9.17. The predicted octanol–water partition coefficient (Wildman–Crippen LogP) is 3.64. The summed E-state index contributed by atoms with van der Waals surface area (Å²) in [5, 5.41) is 17.1. The summed E-state index contributed by atoms with van der Waals surface area (Å²) in [5.41, 5.74) is -0.380. The number of carboxylic acids is 2. The van der Waals surface area contributed by atoms with Gasteiger partial charge in [0, 0.05) is 0 Å². The van der Waals surface area contributed by atoms with Gasteiger partial charge < -0.3 is 19.0 Å². The molecule has 2 aromatic heterocycles. The molecule has 0 fully saturated rings. The Bertz CT molecular complexity index is 562. The summed E-state index contributed by atoms with van der Waals surface area (Å²) >= 11 is 0. The van der Waals surface area contributed by atoms with Crippen molar-refractivity contribution in [3.63, 3.8) is 0 Å². The monoisotopic (exact) mass is 302 g/mol. The van der Waals surface area contributed by atoms with Crippen molar-refractivity contribution in [2.45, 2.75) is 0 Å². The SMILES string of the molecule is O=C(O)c1ccccc1C(=O)O.c1ccoc1.c1ccoc1. The molecule has 2 N–H and O–H groups in total. The second-order valence-electron chi connectivity index (χ2n) is 3.74. The Labute approximate surface area is 126 Å². The number of aromatic carboxylic acids is 2. The molecule has 114 valence electrons. The van der Waals surface area contributed by atoms with Crippen molar-refractivity contribution in [3.05, 3.63) is 84.7 Å². The van der Waals surface area contributed by atoms with E-state index in [9.17, 15) is 9.59 Å². The van der Waals surface area contributed by atoms with Gasteiger partial charge in [-0.25, -0.2) is 9.59 Å². The van der Waals surface area contributed by atoms with Crippen LogP contribution in [0.25, 0.3) is 0 Å². The van der Waals surface area contributed by atoms with E-state index in [1.807, 2.05) is 24.3 Å². The quantitative estimate of drug-likeness (QED) is 0.749. The smallest absolute Gasteiger partial charge is 0.336 e. The lowest BCUT2D eigenvalue weighted by atomic mass is 10.1. The van der Waals surface area contributed by atoms with Crippen LogP contribution in [0.5, 0.6) is 0 Å². The van der Waals surface area contributed by atoms with Gasteiger partial charge in [-0.05, 0) is 36.4 Å². The van der Waals surface area contributed by atoms with Crippen LogP contribution in [0.4, 0.5) is 0 Å². The van der Waals surface area contributed by atoms with Crippen molar-refractivity contribution in [1.82, 2.24) is 0 Å². The lowest BCUT2D eigenvalue weighted by Gasteiger charge is -1.98. The van der Waals surface area contributed by atoms with Gasteiger partial charge in [-0.3, -0.25) is 0 Å². The van der Waals surface area contributed by atoms with Crippen LogP contribution >= 0.6 is 0 Å². The standard InChI is InChI=1S/C8H6O4.2C4H4O/c9-7(10)5-3-1-2-4-6(5)8(11)12;2*1-2-4-5-3-1/h1-4H,(H,9,10)(H,11,12);2*1-4H. The Morgan fingerprint density at radius 3 is 1.14 bits per heavy atom. The zero-order valence-corrected chi connectivity index (χ0v) is 11.5. The van der Waals surface area contributed by atoms with Crippen molar-refractivity contribution in [2.75, 3.05) is 0 Å². The van der Waals surface area contributed by atoms with Crippen LogP contribution in [-0.4, -0.2) is 22.2 Å². The van der Waals surface area contributed by atoms with Gasteiger partial charge in [-0.2, -0.15) is 0 Å². The normalized spacial score (nSPS) is 8.73. The average molecular weight is 302 g/mol. The van der Waals surface area contributed by atoms with E-state index in [4.69, 9.17) is 10.2 Å². The van der Waals surface area contributed by atoms with Gasteiger partial charge in [0.2, 0.25) is 0 Å². The molecule has 0 unspecified atom stereocenters. The average Bonchev–Trinajstić information content (AvgIpc) is 3.25. The highest BCUT2D eigenvalue weighted by atomic mass is 16.4. The van der Waals surface area contributed by atoms with Gasteiger partial charge in [0.25, 0.3) is 0 Å². The van der Waals surface area contributed by atoms with E-state index in [0.717, 1.165) is 0 Å². The van der Waals surface area contributed by atoms with Crippen molar-refractivity contribution in [2.24, 2.45) is 0 Å². The van der Waals surface area contributed by atoms with Crippen molar-refractivity contribution in [3.8, 4) is 0 Å². The first kappa shape index (κ1) is 16.8. The molecule has 22 heavy (non-hydrogen) atoms. The first-order chi connectivity index (χ1) is 10.6. The van der Waals surface area contributed by atoms with Gasteiger partial charge in [0.1, 0.15) is 0 Å². The molecule has 0 radical (unpaired) electrons. The first-order valence-electron chi connectivity index (χ1n) is 6.13. The number of furan rings is 2. The molecule has 2 heterocycles. The van der Waals surface area contributed by atoms with Crippen LogP contribution < -0.4 is 0 Å². The summed E-state index contributed by atoms with van der Waals surface area (Å²) in [6.45, 7) is 0. The summed E-state index contributed by atoms with van der Waals surface area (Å²) in [6, 6.07) is 12.8. The Hall–Kier alpha value is -3.28. The Balaban J connectivity index is 0.000000197. The molecular formula is C16H14O6. The minimum absolute atomic E-state index is 0.190. The number of carbonyl (C=O) groups is 2. The van der Waals surface area contributed by atoms with Crippen LogP contribution in [0.1, 0.15) is 20.7 Å². The molecule has 6 heteroatoms. The highest BCUT2D eigenvalue weighted by molar-refractivity contribution is 6.01. The molecule has 0 bridgehead atoms. The van der Waals surface area contributed by atoms with Crippen LogP contribution in [-0.2, 0) is 0 Å². The number of carboxylic acid groups (broad SMARTS) is 2. The van der Waals surface area contributed by atoms with Gasteiger partial charge in [-0.1, -0.05) is 12.1 Å². The first-order valence-corrected chi connectivity index (χ1v) is 6.13. The largest absolute Gasteiger partial charge is 0.478 e. The fourth-order valence-electron chi connectivity index (χ4n) is 1.31. The highest BCUT2D eigenvalue weighted by Crippen LogP contribution is 2.07. The van der Waals surface area contributed by atoms with E-state index < -0.39 is 11.9 Å². The fourth-order valence-corrected chi connectivity index (χ4v) is 1.31. The third-order valence-electron chi connectivity index (χ3n) is 2.24. The fraction of sp³-hybridized carbons (Fsp3) is 0. The van der Waals surface area contributed by atoms with E-state index in [2.05, 4.69) is 8.83 Å². The zero-order valence-electron chi connectivity index (χ0n) is 11.5. The van der Waals surface area contributed by atoms with E-state index in [1.54, 1.807) is 25.1 Å². The molecule has 1 aromatic carbocycles. The number of rotatable bonds is 2. The topological polar surface area (TPSA) is 101 Å². The number of hydrogen-bond acceptors (Lipinski definition) is 4. The van der Waals surface area contributed by atoms with Crippen LogP contribution in [0, 0.1) is 0 Å². The molecule has 0 aliphatic carbocycles. The van der Waals surface area contributed by atoms with E-state index in [-0.39, 0.29) is 11.1 Å². The van der Waals surface area contributed by atoms with Gasteiger partial charge in [0.15, 0.2) is 0 Å². The van der Waals surface area contributed by atoms with E-state index in [0.29, 0.717) is 0 Å². The molecule has 0 amide bonds. The Kier molecular flexibility index (Phi) is 7.32. The second-order valence-corrected chi connectivity index (χ2v) is 3.74. The third kappa shape index (κ3) is 6.25.